The number of carbonyl (C=O) groups excluding carboxylic acids is 1. The summed E-state index contributed by atoms with van der Waals surface area (Å²) < 4.78 is 81.6. The molecular weight excluding hydrogens is 342 g/mol. The fourth-order valence-corrected chi connectivity index (χ4v) is 3.75. The second-order valence-electron chi connectivity index (χ2n) is 6.58. The Morgan fingerprint density at radius 2 is 1.71 bits per heavy atom. The molecule has 0 aromatic carbocycles. The van der Waals surface area contributed by atoms with Crippen LogP contribution in [0.5, 0.6) is 0 Å². The highest BCUT2D eigenvalue weighted by Crippen LogP contribution is 2.53. The molecule has 2 rings (SSSR count). The highest BCUT2D eigenvalue weighted by molar-refractivity contribution is 5.81. The first-order valence-electron chi connectivity index (χ1n) is 7.58. The quantitative estimate of drug-likeness (QED) is 0.472. The van der Waals surface area contributed by atoms with E-state index in [0.717, 1.165) is 6.08 Å². The molecule has 0 amide bonds. The number of hydrogen-bond donors (Lipinski definition) is 1. The van der Waals surface area contributed by atoms with E-state index in [2.05, 4.69) is 6.58 Å². The molecule has 0 aromatic rings. The Bertz CT molecular complexity index is 484. The van der Waals surface area contributed by atoms with Crippen molar-refractivity contribution in [3.05, 3.63) is 12.7 Å². The van der Waals surface area contributed by atoms with Crippen molar-refractivity contribution in [3.63, 3.8) is 0 Å². The predicted octanol–water partition coefficient (Wildman–Crippen LogP) is 3.77. The van der Waals surface area contributed by atoms with Crippen LogP contribution in [0, 0.1) is 17.8 Å². The number of ether oxygens (including phenoxy) is 1. The van der Waals surface area contributed by atoms with Crippen molar-refractivity contribution in [2.45, 2.75) is 56.2 Å². The van der Waals surface area contributed by atoms with Crippen molar-refractivity contribution in [2.24, 2.45) is 17.8 Å². The molecule has 9 heteroatoms. The number of esters is 1. The van der Waals surface area contributed by atoms with Crippen molar-refractivity contribution in [3.8, 4) is 0 Å². The number of aliphatic hydroxyl groups is 1. The predicted molar refractivity (Wildman–Crippen MR) is 70.7 cm³/mol. The largest absolute Gasteiger partial charge is 0.459 e. The summed E-state index contributed by atoms with van der Waals surface area (Å²) in [5, 5.41) is 9.28. The molecule has 1 N–H and O–H groups in total. The molecule has 2 aliphatic carbocycles. The molecule has 0 aromatic heterocycles. The molecule has 0 aliphatic heterocycles. The van der Waals surface area contributed by atoms with Crippen LogP contribution in [-0.2, 0) is 9.53 Å². The van der Waals surface area contributed by atoms with Gasteiger partial charge in [0.2, 0.25) is 0 Å². The van der Waals surface area contributed by atoms with E-state index in [4.69, 9.17) is 4.74 Å². The van der Waals surface area contributed by atoms with Crippen LogP contribution in [-0.4, -0.2) is 35.1 Å². The topological polar surface area (TPSA) is 46.5 Å². The monoisotopic (exact) mass is 360 g/mol. The zero-order chi connectivity index (χ0) is 18.3. The number of hydrogen-bond acceptors (Lipinski definition) is 3. The van der Waals surface area contributed by atoms with Gasteiger partial charge in [0.05, 0.1) is 0 Å². The Labute approximate surface area is 134 Å². The number of carbonyl (C=O) groups is 1. The maximum absolute atomic E-state index is 12.8. The Balaban J connectivity index is 1.98. The minimum absolute atomic E-state index is 0.0463. The van der Waals surface area contributed by atoms with Crippen LogP contribution in [0.1, 0.15) is 32.1 Å². The standard InChI is InChI=1S/C15H18F6O3/c1-2-12(22)24-11-6-9-5-8(3-4-10(9)11)7-13(23,14(16,17)18)15(19,20)21/h2,8-11,23H,1,3-7H2. The summed E-state index contributed by atoms with van der Waals surface area (Å²) in [7, 11) is 0. The van der Waals surface area contributed by atoms with E-state index >= 15 is 0 Å². The molecule has 4 atom stereocenters. The van der Waals surface area contributed by atoms with Crippen molar-refractivity contribution >= 4 is 5.97 Å². The number of fused-ring (bicyclic) bond motifs is 1. The van der Waals surface area contributed by atoms with Crippen LogP contribution < -0.4 is 0 Å². The number of halogens is 6. The van der Waals surface area contributed by atoms with Crippen molar-refractivity contribution in [1.82, 2.24) is 0 Å². The molecule has 2 saturated carbocycles. The Hall–Kier alpha value is -1.25. The first kappa shape index (κ1) is 19.1. The highest BCUT2D eigenvalue weighted by Gasteiger charge is 2.70. The van der Waals surface area contributed by atoms with Gasteiger partial charge < -0.3 is 9.84 Å². The maximum Gasteiger partial charge on any atom is 0.426 e. The molecular formula is C15H18F6O3. The Morgan fingerprint density at radius 3 is 2.17 bits per heavy atom. The van der Waals surface area contributed by atoms with Crippen molar-refractivity contribution < 1.29 is 41.0 Å². The lowest BCUT2D eigenvalue weighted by Crippen LogP contribution is -2.58. The van der Waals surface area contributed by atoms with Gasteiger partial charge in [-0.25, -0.2) is 4.79 Å². The molecule has 138 valence electrons. The third-order valence-electron chi connectivity index (χ3n) is 5.12. The number of alkyl halides is 6. The minimum atomic E-state index is -5.77. The fourth-order valence-electron chi connectivity index (χ4n) is 3.75. The van der Waals surface area contributed by atoms with Gasteiger partial charge in [0, 0.05) is 6.08 Å². The van der Waals surface area contributed by atoms with E-state index < -0.39 is 36.3 Å². The van der Waals surface area contributed by atoms with Gasteiger partial charge in [0.1, 0.15) is 6.10 Å². The molecule has 0 heterocycles. The average Bonchev–Trinajstić information content (AvgIpc) is 2.42. The smallest absolute Gasteiger partial charge is 0.426 e. The molecule has 24 heavy (non-hydrogen) atoms. The third kappa shape index (κ3) is 3.41. The first-order chi connectivity index (χ1) is 10.9. The minimum Gasteiger partial charge on any atom is -0.459 e. The van der Waals surface area contributed by atoms with E-state index in [1.165, 1.54) is 0 Å². The van der Waals surface area contributed by atoms with Gasteiger partial charge in [0.15, 0.2) is 0 Å². The lowest BCUT2D eigenvalue weighted by atomic mass is 9.59. The molecule has 0 radical (unpaired) electrons. The van der Waals surface area contributed by atoms with Crippen LogP contribution in [0.3, 0.4) is 0 Å². The second kappa shape index (κ2) is 6.24. The molecule has 0 saturated heterocycles. The van der Waals surface area contributed by atoms with Crippen molar-refractivity contribution in [1.29, 1.82) is 0 Å². The van der Waals surface area contributed by atoms with Crippen LogP contribution in [0.15, 0.2) is 12.7 Å². The molecule has 4 unspecified atom stereocenters. The SMILES string of the molecule is C=CC(=O)OC1CC2CC(CC(O)(C(F)(F)F)C(F)(F)F)CCC21. The van der Waals surface area contributed by atoms with Gasteiger partial charge in [-0.05, 0) is 49.9 Å². The first-order valence-corrected chi connectivity index (χ1v) is 7.58. The molecule has 2 fully saturated rings. The van der Waals surface area contributed by atoms with Gasteiger partial charge in [0.25, 0.3) is 5.60 Å². The Morgan fingerprint density at radius 1 is 1.12 bits per heavy atom. The molecule has 3 nitrogen and oxygen atoms in total. The third-order valence-corrected chi connectivity index (χ3v) is 5.12. The summed E-state index contributed by atoms with van der Waals surface area (Å²) in [5.74, 6) is -1.60. The van der Waals surface area contributed by atoms with E-state index in [1.54, 1.807) is 0 Å². The van der Waals surface area contributed by atoms with Gasteiger partial charge in [-0.15, -0.1) is 0 Å². The van der Waals surface area contributed by atoms with Crippen LogP contribution in [0.2, 0.25) is 0 Å². The summed E-state index contributed by atoms with van der Waals surface area (Å²) in [6.45, 7) is 3.26. The van der Waals surface area contributed by atoms with Crippen LogP contribution in [0.4, 0.5) is 26.3 Å². The maximum atomic E-state index is 12.8. The summed E-state index contributed by atoms with van der Waals surface area (Å²) >= 11 is 0. The van der Waals surface area contributed by atoms with Gasteiger partial charge in [-0.2, -0.15) is 26.3 Å². The van der Waals surface area contributed by atoms with Gasteiger partial charge >= 0.3 is 18.3 Å². The number of rotatable bonds is 4. The molecule has 0 spiro atoms. The van der Waals surface area contributed by atoms with E-state index in [1.807, 2.05) is 0 Å². The van der Waals surface area contributed by atoms with Crippen LogP contribution in [0.25, 0.3) is 0 Å². The van der Waals surface area contributed by atoms with Crippen LogP contribution >= 0.6 is 0 Å². The summed E-state index contributed by atoms with van der Waals surface area (Å²) in [6, 6.07) is 0. The van der Waals surface area contributed by atoms with Gasteiger partial charge in [-0.3, -0.25) is 0 Å². The van der Waals surface area contributed by atoms with E-state index in [9.17, 15) is 36.2 Å². The highest BCUT2D eigenvalue weighted by atomic mass is 19.4. The summed E-state index contributed by atoms with van der Waals surface area (Å²) in [6.07, 6.45) is -11.2. The summed E-state index contributed by atoms with van der Waals surface area (Å²) in [4.78, 5) is 11.1. The molecule has 2 aliphatic rings. The zero-order valence-corrected chi connectivity index (χ0v) is 12.7. The zero-order valence-electron chi connectivity index (χ0n) is 12.7. The lowest BCUT2D eigenvalue weighted by molar-refractivity contribution is -0.373. The average molecular weight is 360 g/mol. The molecule has 0 bridgehead atoms. The van der Waals surface area contributed by atoms with E-state index in [0.29, 0.717) is 12.8 Å². The second-order valence-corrected chi connectivity index (χ2v) is 6.58. The normalized spacial score (nSPS) is 31.0. The fraction of sp³-hybridized carbons (Fsp3) is 0.800. The lowest BCUT2D eigenvalue weighted by Gasteiger charge is -2.50. The van der Waals surface area contributed by atoms with Crippen molar-refractivity contribution in [2.75, 3.05) is 0 Å². The van der Waals surface area contributed by atoms with E-state index in [-0.39, 0.29) is 30.8 Å². The van der Waals surface area contributed by atoms with Gasteiger partial charge in [-0.1, -0.05) is 6.58 Å². The summed E-state index contributed by atoms with van der Waals surface area (Å²) in [5.41, 5.74) is -4.68. The Kier molecular flexibility index (Phi) is 4.96.